The van der Waals surface area contributed by atoms with Crippen LogP contribution in [0, 0.1) is 30.7 Å². The van der Waals surface area contributed by atoms with Crippen LogP contribution in [-0.2, 0) is 26.7 Å². The molecule has 0 spiro atoms. The van der Waals surface area contributed by atoms with Gasteiger partial charge in [-0.05, 0) is 48.7 Å². The van der Waals surface area contributed by atoms with E-state index in [2.05, 4.69) is 50.9 Å². The van der Waals surface area contributed by atoms with Gasteiger partial charge in [-0.2, -0.15) is 9.37 Å². The van der Waals surface area contributed by atoms with Gasteiger partial charge in [0.2, 0.25) is 11.7 Å². The second-order valence-corrected chi connectivity index (χ2v) is 23.3. The van der Waals surface area contributed by atoms with Gasteiger partial charge in [0.1, 0.15) is 5.82 Å². The Morgan fingerprint density at radius 3 is 2.42 bits per heavy atom. The molecule has 0 aliphatic carbocycles. The molecule has 0 aliphatic heterocycles. The van der Waals surface area contributed by atoms with E-state index in [4.69, 9.17) is 13.5 Å². The van der Waals surface area contributed by atoms with Crippen LogP contribution in [0.2, 0.25) is 17.3 Å². The SMILES string of the molecule is CCn1c(-c2[c-]cc(-c3ccc(F)cc3)c3c2oc2nc(F)ccc23)nc2ccccc21.[2H]C([2H])([2H])c1c[c]([Ge]([CH3])([CH3])[CH3])cnc1-c1[c-]cccc1.[Ir]. The summed E-state index contributed by atoms with van der Waals surface area (Å²) in [7, 11) is 0. The summed E-state index contributed by atoms with van der Waals surface area (Å²) in [6.45, 7) is 0.602. The second kappa shape index (κ2) is 14.4. The van der Waals surface area contributed by atoms with Crippen molar-refractivity contribution in [3.63, 3.8) is 0 Å². The molecule has 0 aliphatic rings. The normalized spacial score (nSPS) is 12.6. The van der Waals surface area contributed by atoms with E-state index < -0.39 is 26.1 Å². The predicted octanol–water partition coefficient (Wildman–Crippen LogP) is 10.2. The van der Waals surface area contributed by atoms with Crippen LogP contribution in [0.3, 0.4) is 0 Å². The average Bonchev–Trinajstić information content (AvgIpc) is 3.69. The molecule has 4 aromatic carbocycles. The monoisotopic (exact) mass is 906 g/mol. The maximum Gasteiger partial charge on any atom is 0 e. The number of para-hydroxylation sites is 2. The zero-order valence-corrected chi connectivity index (χ0v) is 32.3. The van der Waals surface area contributed by atoms with Crippen LogP contribution in [0.15, 0.2) is 108 Å². The molecule has 9 heteroatoms. The van der Waals surface area contributed by atoms with Crippen molar-refractivity contribution >= 4 is 50.8 Å². The number of furan rings is 1. The molecule has 4 heterocycles. The smallest absolute Gasteiger partial charge is 0 e. The summed E-state index contributed by atoms with van der Waals surface area (Å²) in [6.07, 6.45) is 1.84. The van der Waals surface area contributed by atoms with Crippen LogP contribution in [0.25, 0.3) is 66.9 Å². The number of nitrogens with zero attached hydrogens (tertiary/aromatic N) is 4. The first-order chi connectivity index (χ1) is 24.8. The fourth-order valence-corrected chi connectivity index (χ4v) is 8.08. The molecule has 0 atom stereocenters. The van der Waals surface area contributed by atoms with E-state index in [0.29, 0.717) is 40.2 Å². The third-order valence-corrected chi connectivity index (χ3v) is 12.7. The van der Waals surface area contributed by atoms with Crippen molar-refractivity contribution in [1.82, 2.24) is 19.5 Å². The molecule has 0 bridgehead atoms. The van der Waals surface area contributed by atoms with Gasteiger partial charge in [0.05, 0.1) is 22.4 Å². The molecule has 0 N–H and O–H groups in total. The van der Waals surface area contributed by atoms with Crippen molar-refractivity contribution in [3.05, 3.63) is 133 Å². The maximum atomic E-state index is 13.9. The van der Waals surface area contributed by atoms with Crippen molar-refractivity contribution in [2.24, 2.45) is 0 Å². The van der Waals surface area contributed by atoms with Gasteiger partial charge < -0.3 is 8.98 Å². The molecule has 8 aromatic rings. The van der Waals surface area contributed by atoms with Crippen molar-refractivity contribution in [3.8, 4) is 33.8 Å². The van der Waals surface area contributed by atoms with Crippen molar-refractivity contribution in [2.75, 3.05) is 0 Å². The molecule has 0 fully saturated rings. The molecular weight excluding hydrogens is 867 g/mol. The minimum absolute atomic E-state index is 0. The molecule has 50 heavy (non-hydrogen) atoms. The number of rotatable bonds is 5. The molecule has 0 saturated heterocycles. The van der Waals surface area contributed by atoms with Crippen molar-refractivity contribution in [2.45, 2.75) is 37.6 Å². The predicted molar refractivity (Wildman–Crippen MR) is 196 cm³/mol. The van der Waals surface area contributed by atoms with Gasteiger partial charge in [0.25, 0.3) is 0 Å². The summed E-state index contributed by atoms with van der Waals surface area (Å²) in [5, 5.41) is 1.44. The first-order valence-corrected chi connectivity index (χ1v) is 23.3. The Hall–Kier alpha value is -4.50. The Bertz CT molecular complexity index is 2570. The Kier molecular flexibility index (Phi) is 9.06. The Labute approximate surface area is 310 Å². The first-order valence-electron chi connectivity index (χ1n) is 17.5. The van der Waals surface area contributed by atoms with E-state index in [1.54, 1.807) is 24.3 Å². The number of hydrogen-bond donors (Lipinski definition) is 0. The zero-order valence-electron chi connectivity index (χ0n) is 30.8. The standard InChI is InChI=1S/C26H16F2N3O.C15H18GeN.Ir/c1-2-31-21-6-4-3-5-20(21)29-25(31)19-12-11-17(15-7-9-16(27)10-8-15)23-18-13-14-22(28)30-26(18)32-24(19)23;1-12-10-14(16(2,3)4)11-17-15(12)13-8-6-5-7-9-13;/h3-11,13-14H,2H2,1H3;5-8,10-11H,1-4H3;/q2*-1;/i;1D3;. The number of hydrogen-bond acceptors (Lipinski definition) is 4. The van der Waals surface area contributed by atoms with Gasteiger partial charge in [-0.25, -0.2) is 4.39 Å². The van der Waals surface area contributed by atoms with Crippen molar-refractivity contribution in [1.29, 1.82) is 0 Å². The molecule has 253 valence electrons. The van der Waals surface area contributed by atoms with Crippen LogP contribution in [0.4, 0.5) is 8.78 Å². The van der Waals surface area contributed by atoms with Crippen LogP contribution in [0.1, 0.15) is 16.6 Å². The molecule has 0 unspecified atom stereocenters. The summed E-state index contributed by atoms with van der Waals surface area (Å²) in [5.74, 6) is 6.47. The average molecular weight is 905 g/mol. The number of pyridine rings is 2. The number of benzene rings is 4. The summed E-state index contributed by atoms with van der Waals surface area (Å²) >= 11 is -2.10. The molecule has 0 amide bonds. The minimum atomic E-state index is -2.16. The second-order valence-electron chi connectivity index (χ2n) is 12.7. The van der Waals surface area contributed by atoms with Gasteiger partial charge in [0.15, 0.2) is 0 Å². The third-order valence-electron chi connectivity index (χ3n) is 8.45. The summed E-state index contributed by atoms with van der Waals surface area (Å²) in [4.78, 5) is 13.2. The fraction of sp³-hybridized carbons (Fsp3) is 0.146. The van der Waals surface area contributed by atoms with Gasteiger partial charge >= 0.3 is 110 Å². The Morgan fingerprint density at radius 2 is 1.70 bits per heavy atom. The van der Waals surface area contributed by atoms with Gasteiger partial charge in [0, 0.05) is 32.0 Å². The number of halogens is 2. The van der Waals surface area contributed by atoms with E-state index in [-0.39, 0.29) is 31.6 Å². The van der Waals surface area contributed by atoms with E-state index in [9.17, 15) is 8.78 Å². The van der Waals surface area contributed by atoms with Crippen LogP contribution in [0.5, 0.6) is 0 Å². The summed E-state index contributed by atoms with van der Waals surface area (Å²) in [6, 6.07) is 34.5. The number of aromatic nitrogens is 4. The third kappa shape index (κ3) is 6.80. The first kappa shape index (κ1) is 31.5. The molecular formula is C41H34F2GeIrN4O-2. The maximum absolute atomic E-state index is 13.9. The Balaban J connectivity index is 0.000000199. The molecule has 8 rings (SSSR count). The van der Waals surface area contributed by atoms with E-state index >= 15 is 0 Å². The van der Waals surface area contributed by atoms with Crippen molar-refractivity contribution < 1.29 is 37.4 Å². The van der Waals surface area contributed by atoms with Gasteiger partial charge in [-0.1, -0.05) is 41.0 Å². The van der Waals surface area contributed by atoms with E-state index in [1.807, 2.05) is 60.8 Å². The molecule has 1 radical (unpaired) electrons. The van der Waals surface area contributed by atoms with Gasteiger partial charge in [-0.3, -0.25) is 4.98 Å². The topological polar surface area (TPSA) is 56.7 Å². The van der Waals surface area contributed by atoms with Gasteiger partial charge in [-0.15, -0.1) is 12.1 Å². The quantitative estimate of drug-likeness (QED) is 0.0981. The molecule has 5 nitrogen and oxygen atoms in total. The Morgan fingerprint density at radius 1 is 0.920 bits per heavy atom. The van der Waals surface area contributed by atoms with E-state index in [0.717, 1.165) is 37.5 Å². The number of fused-ring (bicyclic) bond motifs is 4. The van der Waals surface area contributed by atoms with Crippen LogP contribution >= 0.6 is 0 Å². The number of imidazole rings is 1. The molecule has 4 aromatic heterocycles. The minimum Gasteiger partial charge on any atom is 0 e. The van der Waals surface area contributed by atoms with Crippen LogP contribution < -0.4 is 4.40 Å². The summed E-state index contributed by atoms with van der Waals surface area (Å²) in [5.41, 5.74) is 6.44. The fourth-order valence-electron chi connectivity index (χ4n) is 5.92. The number of aryl methyl sites for hydroxylation is 2. The summed E-state index contributed by atoms with van der Waals surface area (Å²) < 4.78 is 60.0. The largest absolute Gasteiger partial charge is 0 e. The zero-order chi connectivity index (χ0) is 36.8. The van der Waals surface area contributed by atoms with E-state index in [1.165, 1.54) is 18.2 Å². The molecule has 0 saturated carbocycles. The van der Waals surface area contributed by atoms with Crippen LogP contribution in [-0.4, -0.2) is 32.8 Å².